The van der Waals surface area contributed by atoms with Crippen LogP contribution in [0.15, 0.2) is 54.9 Å². The summed E-state index contributed by atoms with van der Waals surface area (Å²) in [6.45, 7) is 0. The van der Waals surface area contributed by atoms with Crippen molar-refractivity contribution < 1.29 is 27.8 Å². The van der Waals surface area contributed by atoms with Gasteiger partial charge < -0.3 is 9.84 Å². The van der Waals surface area contributed by atoms with Crippen LogP contribution in [0.2, 0.25) is 0 Å². The molecule has 3 rings (SSSR count). The Kier molecular flexibility index (Phi) is 4.53. The van der Waals surface area contributed by atoms with Crippen molar-refractivity contribution in [3.63, 3.8) is 0 Å². The van der Waals surface area contributed by atoms with E-state index in [1.54, 1.807) is 0 Å². The Morgan fingerprint density at radius 1 is 1.08 bits per heavy atom. The molecule has 132 valence electrons. The third-order valence-electron chi connectivity index (χ3n) is 3.25. The second-order valence-corrected chi connectivity index (χ2v) is 5.08. The van der Waals surface area contributed by atoms with Gasteiger partial charge in [-0.05, 0) is 30.3 Å². The normalized spacial score (nSPS) is 11.2. The molecule has 0 aliphatic carbocycles. The third-order valence-corrected chi connectivity index (χ3v) is 3.25. The lowest BCUT2D eigenvalue weighted by atomic mass is 10.2. The highest BCUT2D eigenvalue weighted by Crippen LogP contribution is 2.32. The first-order chi connectivity index (χ1) is 12.3. The first-order valence-electron chi connectivity index (χ1n) is 7.21. The van der Waals surface area contributed by atoms with Crippen molar-refractivity contribution in [1.82, 2.24) is 15.0 Å². The van der Waals surface area contributed by atoms with Crippen LogP contribution in [0.4, 0.5) is 13.2 Å². The number of ether oxygens (including phenoxy) is 1. The van der Waals surface area contributed by atoms with Gasteiger partial charge in [0.25, 0.3) is 0 Å². The SMILES string of the molecule is O=C(O)c1ccnc(-c2ccc(Oc3cccc(C(F)(F)F)c3)nc2)n1. The number of aromatic nitrogens is 3. The number of carbonyl (C=O) groups is 1. The topological polar surface area (TPSA) is 85.2 Å². The van der Waals surface area contributed by atoms with Crippen molar-refractivity contribution >= 4 is 5.97 Å². The van der Waals surface area contributed by atoms with E-state index < -0.39 is 17.7 Å². The van der Waals surface area contributed by atoms with Gasteiger partial charge in [0.05, 0.1) is 5.56 Å². The zero-order valence-corrected chi connectivity index (χ0v) is 12.9. The number of halogens is 3. The van der Waals surface area contributed by atoms with Crippen molar-refractivity contribution in [1.29, 1.82) is 0 Å². The molecule has 0 radical (unpaired) electrons. The van der Waals surface area contributed by atoms with Crippen molar-refractivity contribution in [3.8, 4) is 23.0 Å². The first-order valence-corrected chi connectivity index (χ1v) is 7.21. The van der Waals surface area contributed by atoms with E-state index in [1.165, 1.54) is 42.7 Å². The molecular formula is C17H10F3N3O3. The molecule has 9 heteroatoms. The number of carboxylic acids is 1. The summed E-state index contributed by atoms with van der Waals surface area (Å²) in [6.07, 6.45) is -1.83. The van der Waals surface area contributed by atoms with E-state index in [9.17, 15) is 18.0 Å². The number of alkyl halides is 3. The fourth-order valence-electron chi connectivity index (χ4n) is 2.05. The molecule has 0 aliphatic heterocycles. The van der Waals surface area contributed by atoms with E-state index in [0.717, 1.165) is 12.1 Å². The Morgan fingerprint density at radius 2 is 1.88 bits per heavy atom. The van der Waals surface area contributed by atoms with Gasteiger partial charge in [0, 0.05) is 24.0 Å². The maximum absolute atomic E-state index is 12.7. The van der Waals surface area contributed by atoms with Gasteiger partial charge in [0.2, 0.25) is 5.88 Å². The minimum absolute atomic E-state index is 0.0100. The van der Waals surface area contributed by atoms with Gasteiger partial charge in [-0.3, -0.25) is 0 Å². The summed E-state index contributed by atoms with van der Waals surface area (Å²) in [6, 6.07) is 8.63. The molecule has 0 amide bonds. The molecule has 0 spiro atoms. The van der Waals surface area contributed by atoms with Crippen molar-refractivity contribution in [2.24, 2.45) is 0 Å². The summed E-state index contributed by atoms with van der Waals surface area (Å²) >= 11 is 0. The van der Waals surface area contributed by atoms with Gasteiger partial charge in [-0.25, -0.2) is 19.7 Å². The first kappa shape index (κ1) is 17.3. The van der Waals surface area contributed by atoms with Crippen LogP contribution < -0.4 is 4.74 Å². The Hall–Kier alpha value is -3.49. The van der Waals surface area contributed by atoms with E-state index >= 15 is 0 Å². The summed E-state index contributed by atoms with van der Waals surface area (Å²) in [5, 5.41) is 8.94. The summed E-state index contributed by atoms with van der Waals surface area (Å²) in [5.41, 5.74) is -0.561. The van der Waals surface area contributed by atoms with E-state index in [1.807, 2.05) is 0 Å². The summed E-state index contributed by atoms with van der Waals surface area (Å²) in [4.78, 5) is 22.8. The van der Waals surface area contributed by atoms with Crippen molar-refractivity contribution in [2.45, 2.75) is 6.18 Å². The van der Waals surface area contributed by atoms with E-state index in [0.29, 0.717) is 5.56 Å². The molecule has 26 heavy (non-hydrogen) atoms. The number of benzene rings is 1. The third kappa shape index (κ3) is 3.94. The largest absolute Gasteiger partial charge is 0.477 e. The predicted octanol–water partition coefficient (Wildman–Crippen LogP) is 4.05. The van der Waals surface area contributed by atoms with Gasteiger partial charge in [-0.2, -0.15) is 13.2 Å². The van der Waals surface area contributed by atoms with Gasteiger partial charge >= 0.3 is 12.1 Å². The van der Waals surface area contributed by atoms with Crippen LogP contribution in [-0.4, -0.2) is 26.0 Å². The van der Waals surface area contributed by atoms with E-state index in [2.05, 4.69) is 15.0 Å². The highest BCUT2D eigenvalue weighted by atomic mass is 19.4. The maximum Gasteiger partial charge on any atom is 0.416 e. The lowest BCUT2D eigenvalue weighted by molar-refractivity contribution is -0.137. The van der Waals surface area contributed by atoms with E-state index in [-0.39, 0.29) is 23.1 Å². The molecule has 1 aromatic carbocycles. The highest BCUT2D eigenvalue weighted by molar-refractivity contribution is 5.85. The van der Waals surface area contributed by atoms with Crippen molar-refractivity contribution in [3.05, 3.63) is 66.1 Å². The van der Waals surface area contributed by atoms with E-state index in [4.69, 9.17) is 9.84 Å². The number of carboxylic acid groups (broad SMARTS) is 1. The van der Waals surface area contributed by atoms with Crippen LogP contribution in [0.3, 0.4) is 0 Å². The van der Waals surface area contributed by atoms with Crippen LogP contribution in [0.5, 0.6) is 11.6 Å². The average Bonchev–Trinajstić information content (AvgIpc) is 2.62. The molecule has 1 N–H and O–H groups in total. The van der Waals surface area contributed by atoms with Gasteiger partial charge in [-0.1, -0.05) is 6.07 Å². The number of nitrogens with zero attached hydrogens (tertiary/aromatic N) is 3. The van der Waals surface area contributed by atoms with Gasteiger partial charge in [0.1, 0.15) is 5.75 Å². The lowest BCUT2D eigenvalue weighted by Gasteiger charge is -2.09. The minimum Gasteiger partial charge on any atom is -0.477 e. The number of rotatable bonds is 4. The summed E-state index contributed by atoms with van der Waals surface area (Å²) < 4.78 is 43.5. The summed E-state index contributed by atoms with van der Waals surface area (Å²) in [5.74, 6) is -0.971. The monoisotopic (exact) mass is 361 g/mol. The second kappa shape index (κ2) is 6.79. The molecule has 0 unspecified atom stereocenters. The Bertz CT molecular complexity index is 944. The molecule has 3 aromatic rings. The quantitative estimate of drug-likeness (QED) is 0.755. The molecule has 2 aromatic heterocycles. The molecule has 0 atom stereocenters. The van der Waals surface area contributed by atoms with Crippen LogP contribution in [0.1, 0.15) is 16.1 Å². The molecule has 6 nitrogen and oxygen atoms in total. The zero-order valence-electron chi connectivity index (χ0n) is 12.9. The standard InChI is InChI=1S/C17H10F3N3O3/c18-17(19,20)11-2-1-3-12(8-11)26-14-5-4-10(9-22-14)15-21-7-6-13(23-15)16(24)25/h1-9H,(H,24,25). The smallest absolute Gasteiger partial charge is 0.416 e. The van der Waals surface area contributed by atoms with Crippen molar-refractivity contribution in [2.75, 3.05) is 0 Å². The summed E-state index contributed by atoms with van der Waals surface area (Å²) in [7, 11) is 0. The molecule has 0 saturated heterocycles. The molecule has 0 saturated carbocycles. The minimum atomic E-state index is -4.47. The Morgan fingerprint density at radius 3 is 2.54 bits per heavy atom. The lowest BCUT2D eigenvalue weighted by Crippen LogP contribution is -2.04. The zero-order chi connectivity index (χ0) is 18.7. The fraction of sp³-hybridized carbons (Fsp3) is 0.0588. The fourth-order valence-corrected chi connectivity index (χ4v) is 2.05. The average molecular weight is 361 g/mol. The number of hydrogen-bond acceptors (Lipinski definition) is 5. The van der Waals surface area contributed by atoms with Crippen LogP contribution in [0.25, 0.3) is 11.4 Å². The Labute approximate surface area is 145 Å². The van der Waals surface area contributed by atoms with Gasteiger partial charge in [-0.15, -0.1) is 0 Å². The van der Waals surface area contributed by atoms with Crippen LogP contribution in [0, 0.1) is 0 Å². The van der Waals surface area contributed by atoms with Gasteiger partial charge in [0.15, 0.2) is 11.5 Å². The number of hydrogen-bond donors (Lipinski definition) is 1. The maximum atomic E-state index is 12.7. The highest BCUT2D eigenvalue weighted by Gasteiger charge is 2.30. The molecule has 0 fully saturated rings. The predicted molar refractivity (Wildman–Crippen MR) is 83.7 cm³/mol. The molecule has 2 heterocycles. The Balaban J connectivity index is 1.80. The molecule has 0 aliphatic rings. The molecular weight excluding hydrogens is 351 g/mol. The van der Waals surface area contributed by atoms with Crippen LogP contribution >= 0.6 is 0 Å². The molecule has 0 bridgehead atoms. The second-order valence-electron chi connectivity index (χ2n) is 5.08. The number of pyridine rings is 1. The number of aromatic carboxylic acids is 1. The van der Waals surface area contributed by atoms with Crippen LogP contribution in [-0.2, 0) is 6.18 Å².